The molecule has 98 valence electrons. The fraction of sp³-hybridized carbons (Fsp3) is 0.429. The summed E-state index contributed by atoms with van der Waals surface area (Å²) in [5.41, 5.74) is 1.08. The zero-order chi connectivity index (χ0) is 13.5. The molecule has 0 spiro atoms. The van der Waals surface area contributed by atoms with E-state index < -0.39 is 5.97 Å². The lowest BCUT2D eigenvalue weighted by molar-refractivity contribution is -0.145. The van der Waals surface area contributed by atoms with Crippen LogP contribution in [0.4, 0.5) is 0 Å². The van der Waals surface area contributed by atoms with Crippen LogP contribution in [0.15, 0.2) is 28.7 Å². The maximum Gasteiger partial charge on any atom is 0.313 e. The van der Waals surface area contributed by atoms with Gasteiger partial charge in [-0.1, -0.05) is 41.1 Å². The molecule has 18 heavy (non-hydrogen) atoms. The summed E-state index contributed by atoms with van der Waals surface area (Å²) in [5.74, 6) is -0.443. The summed E-state index contributed by atoms with van der Waals surface area (Å²) in [5, 5.41) is 0. The summed E-state index contributed by atoms with van der Waals surface area (Å²) in [4.78, 5) is 22.9. The predicted octanol–water partition coefficient (Wildman–Crippen LogP) is 3.47. The number of Topliss-reactive ketones (excluding diaryl/α,β-unsaturated/α-hetero) is 1. The number of ketones is 1. The lowest BCUT2D eigenvalue weighted by Gasteiger charge is -2.12. The Balaban J connectivity index is 2.55. The maximum absolute atomic E-state index is 11.7. The fourth-order valence-corrected chi connectivity index (χ4v) is 2.45. The number of benzene rings is 1. The molecule has 0 aromatic heterocycles. The molecular formula is C14H17BrO3. The molecule has 1 aromatic rings. The van der Waals surface area contributed by atoms with E-state index in [4.69, 9.17) is 4.74 Å². The van der Waals surface area contributed by atoms with Crippen molar-refractivity contribution >= 4 is 27.7 Å². The number of halogens is 1. The Bertz CT molecular complexity index is 429. The standard InChI is InChI=1S/C14H17BrO3/c1-3-18-14(17)9-11(16)8-10(2)12-6-4-5-7-13(12)15/h4-7,10H,3,8-9H2,1-2H3. The monoisotopic (exact) mass is 312 g/mol. The highest BCUT2D eigenvalue weighted by Crippen LogP contribution is 2.27. The van der Waals surface area contributed by atoms with Crippen molar-refractivity contribution in [2.45, 2.75) is 32.6 Å². The van der Waals surface area contributed by atoms with E-state index in [9.17, 15) is 9.59 Å². The van der Waals surface area contributed by atoms with E-state index in [0.717, 1.165) is 10.0 Å². The van der Waals surface area contributed by atoms with Crippen LogP contribution in [-0.2, 0) is 14.3 Å². The molecule has 0 aliphatic heterocycles. The van der Waals surface area contributed by atoms with E-state index in [1.54, 1.807) is 6.92 Å². The molecule has 0 aliphatic carbocycles. The van der Waals surface area contributed by atoms with E-state index in [1.165, 1.54) is 0 Å². The van der Waals surface area contributed by atoms with Gasteiger partial charge >= 0.3 is 5.97 Å². The Morgan fingerprint density at radius 1 is 1.33 bits per heavy atom. The molecule has 3 nitrogen and oxygen atoms in total. The van der Waals surface area contributed by atoms with E-state index in [-0.39, 0.29) is 18.1 Å². The highest BCUT2D eigenvalue weighted by Gasteiger charge is 2.16. The first-order chi connectivity index (χ1) is 8.54. The third kappa shape index (κ3) is 4.61. The van der Waals surface area contributed by atoms with E-state index in [1.807, 2.05) is 31.2 Å². The summed E-state index contributed by atoms with van der Waals surface area (Å²) in [6.07, 6.45) is 0.212. The van der Waals surface area contributed by atoms with Gasteiger partial charge in [-0.2, -0.15) is 0 Å². The van der Waals surface area contributed by atoms with Crippen molar-refractivity contribution in [2.24, 2.45) is 0 Å². The molecule has 1 unspecified atom stereocenters. The second-order valence-electron chi connectivity index (χ2n) is 4.15. The Hall–Kier alpha value is -1.16. The molecule has 1 rings (SSSR count). The van der Waals surface area contributed by atoms with Crippen LogP contribution in [0.3, 0.4) is 0 Å². The Morgan fingerprint density at radius 3 is 2.61 bits per heavy atom. The number of esters is 1. The molecule has 0 N–H and O–H groups in total. The molecule has 0 radical (unpaired) electrons. The van der Waals surface area contributed by atoms with E-state index in [0.29, 0.717) is 13.0 Å². The van der Waals surface area contributed by atoms with Gasteiger partial charge in [-0.15, -0.1) is 0 Å². The van der Waals surface area contributed by atoms with Crippen molar-refractivity contribution in [1.29, 1.82) is 0 Å². The summed E-state index contributed by atoms with van der Waals surface area (Å²) in [6, 6.07) is 7.79. The van der Waals surface area contributed by atoms with Gasteiger partial charge in [-0.3, -0.25) is 9.59 Å². The van der Waals surface area contributed by atoms with E-state index in [2.05, 4.69) is 15.9 Å². The minimum Gasteiger partial charge on any atom is -0.466 e. The molecule has 0 saturated carbocycles. The van der Waals surface area contributed by atoms with Gasteiger partial charge in [0.2, 0.25) is 0 Å². The minimum atomic E-state index is -0.443. The highest BCUT2D eigenvalue weighted by molar-refractivity contribution is 9.10. The first-order valence-electron chi connectivity index (χ1n) is 5.96. The number of hydrogen-bond acceptors (Lipinski definition) is 3. The average molecular weight is 313 g/mol. The predicted molar refractivity (Wildman–Crippen MR) is 73.4 cm³/mol. The van der Waals surface area contributed by atoms with Gasteiger partial charge in [0.05, 0.1) is 6.61 Å². The molecule has 1 atom stereocenters. The van der Waals surface area contributed by atoms with Gasteiger partial charge in [0.1, 0.15) is 12.2 Å². The van der Waals surface area contributed by atoms with Crippen LogP contribution in [0.25, 0.3) is 0 Å². The van der Waals surface area contributed by atoms with E-state index >= 15 is 0 Å². The molecule has 4 heteroatoms. The lowest BCUT2D eigenvalue weighted by Crippen LogP contribution is -2.13. The smallest absolute Gasteiger partial charge is 0.313 e. The van der Waals surface area contributed by atoms with Crippen LogP contribution in [0.1, 0.15) is 38.2 Å². The third-order valence-corrected chi connectivity index (χ3v) is 3.34. The van der Waals surface area contributed by atoms with Gasteiger partial charge in [0, 0.05) is 10.9 Å². The fourth-order valence-electron chi connectivity index (χ4n) is 1.77. The molecule has 0 heterocycles. The highest BCUT2D eigenvalue weighted by atomic mass is 79.9. The summed E-state index contributed by atoms with van der Waals surface area (Å²) < 4.78 is 5.74. The van der Waals surface area contributed by atoms with Gasteiger partial charge in [0.15, 0.2) is 0 Å². The number of carbonyl (C=O) groups excluding carboxylic acids is 2. The third-order valence-electron chi connectivity index (χ3n) is 2.62. The lowest BCUT2D eigenvalue weighted by atomic mass is 9.95. The normalized spacial score (nSPS) is 11.9. The van der Waals surface area contributed by atoms with Gasteiger partial charge in [-0.05, 0) is 24.5 Å². The number of hydrogen-bond donors (Lipinski definition) is 0. The molecule has 0 amide bonds. The van der Waals surface area contributed by atoms with Crippen molar-refractivity contribution in [1.82, 2.24) is 0 Å². The van der Waals surface area contributed by atoms with Crippen LogP contribution in [0.2, 0.25) is 0 Å². The van der Waals surface area contributed by atoms with Crippen molar-refractivity contribution in [2.75, 3.05) is 6.61 Å². The second-order valence-corrected chi connectivity index (χ2v) is 5.00. The Morgan fingerprint density at radius 2 is 2.00 bits per heavy atom. The van der Waals surface area contributed by atoms with Crippen molar-refractivity contribution in [3.05, 3.63) is 34.3 Å². The zero-order valence-electron chi connectivity index (χ0n) is 10.6. The molecular weight excluding hydrogens is 296 g/mol. The first-order valence-corrected chi connectivity index (χ1v) is 6.75. The first kappa shape index (κ1) is 14.9. The molecule has 0 saturated heterocycles. The number of carbonyl (C=O) groups is 2. The Labute approximate surface area is 116 Å². The number of rotatable bonds is 6. The molecule has 0 bridgehead atoms. The molecule has 0 aliphatic rings. The van der Waals surface area contributed by atoms with Crippen LogP contribution in [-0.4, -0.2) is 18.4 Å². The SMILES string of the molecule is CCOC(=O)CC(=O)CC(C)c1ccccc1Br. The quantitative estimate of drug-likeness (QED) is 0.597. The summed E-state index contributed by atoms with van der Waals surface area (Å²) in [7, 11) is 0. The molecule has 1 aromatic carbocycles. The van der Waals surface area contributed by atoms with Gasteiger partial charge in [0.25, 0.3) is 0 Å². The minimum absolute atomic E-state index is 0.0856. The van der Waals surface area contributed by atoms with Crippen LogP contribution >= 0.6 is 15.9 Å². The van der Waals surface area contributed by atoms with Crippen LogP contribution < -0.4 is 0 Å². The summed E-state index contributed by atoms with van der Waals surface area (Å²) in [6.45, 7) is 4.02. The van der Waals surface area contributed by atoms with Crippen LogP contribution in [0, 0.1) is 0 Å². The second kappa shape index (κ2) is 7.31. The summed E-state index contributed by atoms with van der Waals surface area (Å²) >= 11 is 3.46. The molecule has 0 fully saturated rings. The van der Waals surface area contributed by atoms with Crippen molar-refractivity contribution in [3.63, 3.8) is 0 Å². The van der Waals surface area contributed by atoms with Crippen molar-refractivity contribution < 1.29 is 14.3 Å². The average Bonchev–Trinajstić information content (AvgIpc) is 2.29. The van der Waals surface area contributed by atoms with Crippen LogP contribution in [0.5, 0.6) is 0 Å². The largest absolute Gasteiger partial charge is 0.466 e. The number of ether oxygens (including phenoxy) is 1. The van der Waals surface area contributed by atoms with Gasteiger partial charge in [-0.25, -0.2) is 0 Å². The van der Waals surface area contributed by atoms with Gasteiger partial charge < -0.3 is 4.74 Å². The Kier molecular flexibility index (Phi) is 6.05. The maximum atomic E-state index is 11.7. The zero-order valence-corrected chi connectivity index (χ0v) is 12.2. The topological polar surface area (TPSA) is 43.4 Å². The van der Waals surface area contributed by atoms with Crippen molar-refractivity contribution in [3.8, 4) is 0 Å².